The average Bonchev–Trinajstić information content (AvgIpc) is 3.37. The van der Waals surface area contributed by atoms with Crippen LogP contribution in [0.3, 0.4) is 0 Å². The molecule has 8 unspecified atom stereocenters. The van der Waals surface area contributed by atoms with E-state index in [0.717, 1.165) is 95.8 Å². The van der Waals surface area contributed by atoms with Gasteiger partial charge < -0.3 is 19.7 Å². The molecule has 7 fully saturated rings. The minimum absolute atomic E-state index is 0.0861. The third kappa shape index (κ3) is 6.65. The molecule has 5 aliphatic carbocycles. The molecule has 2 heterocycles. The normalized spacial score (nSPS) is 41.2. The molecule has 0 amide bonds. The molecule has 1 spiro atoms. The fourth-order valence-corrected chi connectivity index (χ4v) is 12.2. The summed E-state index contributed by atoms with van der Waals surface area (Å²) in [4.78, 5) is 18.9. The van der Waals surface area contributed by atoms with Gasteiger partial charge in [-0.15, -0.1) is 0 Å². The van der Waals surface area contributed by atoms with Crippen LogP contribution in [0, 0.1) is 35.5 Å². The van der Waals surface area contributed by atoms with Crippen molar-refractivity contribution in [3.8, 4) is 0 Å². The maximum atomic E-state index is 13.7. The Bertz CT molecular complexity index is 912. The Hall–Kier alpha value is -0.730. The quantitative estimate of drug-likeness (QED) is 0.290. The third-order valence-corrected chi connectivity index (χ3v) is 14.2. The van der Waals surface area contributed by atoms with Crippen molar-refractivity contribution in [2.45, 2.75) is 158 Å². The van der Waals surface area contributed by atoms with Crippen molar-refractivity contribution in [1.82, 2.24) is 9.80 Å². The van der Waals surface area contributed by atoms with E-state index in [1.54, 1.807) is 0 Å². The van der Waals surface area contributed by atoms with Crippen LogP contribution < -0.4 is 0 Å². The molecule has 2 saturated heterocycles. The Morgan fingerprint density at radius 2 is 1.09 bits per heavy atom. The van der Waals surface area contributed by atoms with Crippen molar-refractivity contribution >= 4 is 5.97 Å². The highest BCUT2D eigenvalue weighted by Gasteiger charge is 2.69. The summed E-state index contributed by atoms with van der Waals surface area (Å²) < 4.78 is 14.2. The van der Waals surface area contributed by atoms with Gasteiger partial charge in [-0.25, -0.2) is 0 Å². The summed E-state index contributed by atoms with van der Waals surface area (Å²) in [6, 6.07) is 0.870. The van der Waals surface area contributed by atoms with Crippen LogP contribution in [0.4, 0.5) is 0 Å². The number of hydrogen-bond acceptors (Lipinski definition) is 7. The van der Waals surface area contributed by atoms with Crippen LogP contribution >= 0.6 is 0 Å². The van der Waals surface area contributed by atoms with Crippen molar-refractivity contribution in [2.75, 3.05) is 39.4 Å². The van der Waals surface area contributed by atoms with Crippen molar-refractivity contribution in [2.24, 2.45) is 35.5 Å². The topological polar surface area (TPSA) is 82.5 Å². The molecular weight excluding hydrogens is 564 g/mol. The number of nitrogens with zero attached hydrogens (tertiary/aromatic N) is 2. The Balaban J connectivity index is 1.13. The van der Waals surface area contributed by atoms with Crippen LogP contribution in [0.5, 0.6) is 0 Å². The van der Waals surface area contributed by atoms with Gasteiger partial charge in [0.25, 0.3) is 0 Å². The molecule has 5 saturated carbocycles. The number of carbonyl (C=O) groups is 1. The second-order valence-electron chi connectivity index (χ2n) is 16.6. The van der Waals surface area contributed by atoms with E-state index in [2.05, 4.69) is 9.80 Å². The number of aliphatic hydroxyl groups is 2. The Morgan fingerprint density at radius 1 is 0.600 bits per heavy atom. The van der Waals surface area contributed by atoms with E-state index < -0.39 is 0 Å². The van der Waals surface area contributed by atoms with Crippen LogP contribution in [0.25, 0.3) is 0 Å². The monoisotopic (exact) mass is 628 g/mol. The van der Waals surface area contributed by atoms with E-state index in [1.807, 2.05) is 0 Å². The molecule has 0 radical (unpaired) electrons. The fraction of sp³-hybridized carbons (Fsp3) is 0.974. The summed E-state index contributed by atoms with van der Waals surface area (Å²) in [5.74, 6) is 2.64. The number of fused-ring (bicyclic) bond motifs is 6. The lowest BCUT2D eigenvalue weighted by Crippen LogP contribution is -2.67. The van der Waals surface area contributed by atoms with Crippen LogP contribution in [0.1, 0.15) is 128 Å². The van der Waals surface area contributed by atoms with E-state index in [-0.39, 0.29) is 42.9 Å². The highest BCUT2D eigenvalue weighted by atomic mass is 16.6. The first-order valence-corrected chi connectivity index (χ1v) is 19.7. The first kappa shape index (κ1) is 32.8. The number of ether oxygens (including phenoxy) is 2. The molecule has 0 bridgehead atoms. The average molecular weight is 629 g/mol. The molecule has 0 aromatic rings. The number of aliphatic hydroxyl groups excluding tert-OH is 2. The molecule has 7 aliphatic rings. The van der Waals surface area contributed by atoms with E-state index >= 15 is 0 Å². The maximum Gasteiger partial charge on any atom is 0.309 e. The molecule has 7 rings (SSSR count). The Kier molecular flexibility index (Phi) is 10.8. The number of esters is 1. The molecule has 7 heteroatoms. The molecular formula is C38H64N2O5. The number of carbonyl (C=O) groups excluding carboxylic acids is 1. The van der Waals surface area contributed by atoms with Gasteiger partial charge in [-0.05, 0) is 88.9 Å². The highest BCUT2D eigenvalue weighted by molar-refractivity contribution is 5.76. The lowest BCUT2D eigenvalue weighted by molar-refractivity contribution is -0.264. The van der Waals surface area contributed by atoms with Crippen LogP contribution in [-0.4, -0.2) is 95.3 Å². The maximum absolute atomic E-state index is 13.7. The first-order valence-electron chi connectivity index (χ1n) is 19.7. The van der Waals surface area contributed by atoms with E-state index in [1.165, 1.54) is 70.6 Å². The molecule has 7 nitrogen and oxygen atoms in total. The van der Waals surface area contributed by atoms with Crippen molar-refractivity contribution in [3.63, 3.8) is 0 Å². The summed E-state index contributed by atoms with van der Waals surface area (Å²) in [5.41, 5.74) is -0.359. The first-order chi connectivity index (χ1) is 22.1. The highest BCUT2D eigenvalue weighted by Crippen LogP contribution is 2.62. The van der Waals surface area contributed by atoms with Crippen molar-refractivity contribution < 1.29 is 24.5 Å². The predicted octanol–water partition coefficient (Wildman–Crippen LogP) is 5.94. The van der Waals surface area contributed by atoms with Gasteiger partial charge in [-0.3, -0.25) is 14.6 Å². The summed E-state index contributed by atoms with van der Waals surface area (Å²) in [6.07, 6.45) is 24.6. The van der Waals surface area contributed by atoms with Crippen LogP contribution in [-0.2, 0) is 14.3 Å². The lowest BCUT2D eigenvalue weighted by Gasteiger charge is -2.60. The van der Waals surface area contributed by atoms with Crippen LogP contribution in [0.15, 0.2) is 0 Å². The molecule has 45 heavy (non-hydrogen) atoms. The summed E-state index contributed by atoms with van der Waals surface area (Å²) in [6.45, 7) is 4.18. The van der Waals surface area contributed by atoms with Crippen LogP contribution in [0.2, 0.25) is 0 Å². The third-order valence-electron chi connectivity index (χ3n) is 14.2. The number of rotatable bonds is 10. The zero-order chi connectivity index (χ0) is 30.8. The minimum Gasteiger partial charge on any atom is -0.458 e. The number of hydrogen-bond donors (Lipinski definition) is 2. The van der Waals surface area contributed by atoms with Gasteiger partial charge in [0.05, 0.1) is 31.3 Å². The molecule has 256 valence electrons. The molecule has 2 aliphatic heterocycles. The SMILES string of the molecule is O=C1OC2(C3CCC(N(CCO)CC4CCCCC4)CC3OC3CC(N(CCO)CC4CCCCC4)CCC32)C2CCCCC12. The van der Waals surface area contributed by atoms with Gasteiger partial charge in [-0.1, -0.05) is 51.4 Å². The second-order valence-corrected chi connectivity index (χ2v) is 16.6. The molecule has 0 aromatic heterocycles. The van der Waals surface area contributed by atoms with E-state index in [9.17, 15) is 15.0 Å². The Morgan fingerprint density at radius 3 is 1.60 bits per heavy atom. The largest absolute Gasteiger partial charge is 0.458 e. The lowest BCUT2D eigenvalue weighted by atomic mass is 9.54. The molecule has 0 aromatic carbocycles. The molecule has 8 atom stereocenters. The smallest absolute Gasteiger partial charge is 0.309 e. The van der Waals surface area contributed by atoms with Gasteiger partial charge in [0.2, 0.25) is 0 Å². The summed E-state index contributed by atoms with van der Waals surface area (Å²) in [5, 5.41) is 20.2. The second kappa shape index (κ2) is 14.8. The zero-order valence-electron chi connectivity index (χ0n) is 28.2. The molecule has 2 N–H and O–H groups in total. The summed E-state index contributed by atoms with van der Waals surface area (Å²) in [7, 11) is 0. The van der Waals surface area contributed by atoms with Gasteiger partial charge >= 0.3 is 5.97 Å². The van der Waals surface area contributed by atoms with Gasteiger partial charge in [0, 0.05) is 56.0 Å². The van der Waals surface area contributed by atoms with E-state index in [0.29, 0.717) is 29.8 Å². The summed E-state index contributed by atoms with van der Waals surface area (Å²) >= 11 is 0. The minimum atomic E-state index is -0.359. The Labute approximate surface area is 273 Å². The zero-order valence-corrected chi connectivity index (χ0v) is 28.2. The van der Waals surface area contributed by atoms with Gasteiger partial charge in [0.1, 0.15) is 5.60 Å². The fourth-order valence-electron chi connectivity index (χ4n) is 12.2. The predicted molar refractivity (Wildman–Crippen MR) is 176 cm³/mol. The van der Waals surface area contributed by atoms with Gasteiger partial charge in [-0.2, -0.15) is 0 Å². The van der Waals surface area contributed by atoms with Crippen molar-refractivity contribution in [1.29, 1.82) is 0 Å². The van der Waals surface area contributed by atoms with E-state index in [4.69, 9.17) is 9.47 Å². The van der Waals surface area contributed by atoms with Crippen molar-refractivity contribution in [3.05, 3.63) is 0 Å². The standard InChI is InChI=1S/C38H64N2O5/c41-21-19-39(25-27-9-3-1-4-10-27)29-15-17-33-35(23-29)44-36-24-30(40(20-22-42)26-28-11-5-2-6-12-28)16-18-34(36)38(33)32-14-8-7-13-31(32)37(43)45-38/h27-36,41-42H,1-26H2. The van der Waals surface area contributed by atoms with Gasteiger partial charge in [0.15, 0.2) is 0 Å².